The summed E-state index contributed by atoms with van der Waals surface area (Å²) in [5.41, 5.74) is 3.72. The predicted molar refractivity (Wildman–Crippen MR) is 109 cm³/mol. The second-order valence-corrected chi connectivity index (χ2v) is 7.29. The Morgan fingerprint density at radius 3 is 2.52 bits per heavy atom. The third-order valence-corrected chi connectivity index (χ3v) is 5.48. The first-order chi connectivity index (χ1) is 13.1. The Morgan fingerprint density at radius 2 is 1.89 bits per heavy atom. The van der Waals surface area contributed by atoms with Gasteiger partial charge in [0.05, 0.1) is 19.7 Å². The molecule has 0 aromatic heterocycles. The van der Waals surface area contributed by atoms with Crippen molar-refractivity contribution >= 4 is 5.91 Å². The smallest absolute Gasteiger partial charge is 0.234 e. The number of benzene rings is 2. The van der Waals surface area contributed by atoms with Gasteiger partial charge in [0.15, 0.2) is 0 Å². The number of likely N-dealkylation sites (tertiary alicyclic amines) is 1. The van der Waals surface area contributed by atoms with E-state index in [1.165, 1.54) is 11.1 Å². The lowest BCUT2D eigenvalue weighted by Crippen LogP contribution is -2.38. The molecule has 2 unspecified atom stereocenters. The molecule has 0 aliphatic carbocycles. The van der Waals surface area contributed by atoms with Crippen molar-refractivity contribution < 1.29 is 9.53 Å². The van der Waals surface area contributed by atoms with Crippen molar-refractivity contribution in [3.8, 4) is 5.75 Å². The zero-order valence-electron chi connectivity index (χ0n) is 16.6. The molecule has 1 amide bonds. The summed E-state index contributed by atoms with van der Waals surface area (Å²) in [6, 6.07) is 17.0. The van der Waals surface area contributed by atoms with E-state index < -0.39 is 0 Å². The molecule has 1 aliphatic rings. The number of hydrogen-bond acceptors (Lipinski definition) is 3. The Morgan fingerprint density at radius 1 is 1.19 bits per heavy atom. The Hall–Kier alpha value is -2.33. The first kappa shape index (κ1) is 19.4. The predicted octanol–water partition coefficient (Wildman–Crippen LogP) is 4.27. The molecule has 1 saturated heterocycles. The molecule has 0 bridgehead atoms. The molecule has 2 aromatic carbocycles. The largest absolute Gasteiger partial charge is 0.497 e. The highest BCUT2D eigenvalue weighted by molar-refractivity contribution is 5.78. The molecule has 4 heteroatoms. The number of amides is 1. The monoisotopic (exact) mass is 366 g/mol. The highest BCUT2D eigenvalue weighted by Gasteiger charge is 2.27. The fraction of sp³-hybridized carbons (Fsp3) is 0.435. The number of nitrogens with zero attached hydrogens (tertiary/aromatic N) is 1. The molecule has 0 spiro atoms. The normalized spacial score (nSPS) is 18.3. The van der Waals surface area contributed by atoms with E-state index in [4.69, 9.17) is 4.74 Å². The van der Waals surface area contributed by atoms with Crippen LogP contribution >= 0.6 is 0 Å². The van der Waals surface area contributed by atoms with Crippen LogP contribution in [0.3, 0.4) is 0 Å². The number of hydrogen-bond donors (Lipinski definition) is 1. The van der Waals surface area contributed by atoms with Gasteiger partial charge in [-0.25, -0.2) is 0 Å². The standard InChI is InChI=1S/C23H30N2O2/c1-4-18-7-9-19(10-8-18)17(2)24-23(26)16-25-15-5-6-22(25)20-11-13-21(27-3)14-12-20/h7-14,17,22H,4-6,15-16H2,1-3H3,(H,24,26). The first-order valence-corrected chi connectivity index (χ1v) is 9.87. The van der Waals surface area contributed by atoms with Gasteiger partial charge in [0.1, 0.15) is 5.75 Å². The highest BCUT2D eigenvalue weighted by Crippen LogP contribution is 2.32. The lowest BCUT2D eigenvalue weighted by molar-refractivity contribution is -0.123. The van der Waals surface area contributed by atoms with Crippen LogP contribution in [0.25, 0.3) is 0 Å². The summed E-state index contributed by atoms with van der Waals surface area (Å²) in [7, 11) is 1.68. The summed E-state index contributed by atoms with van der Waals surface area (Å²) in [6.45, 7) is 5.59. The van der Waals surface area contributed by atoms with Crippen LogP contribution in [-0.4, -0.2) is 31.0 Å². The summed E-state index contributed by atoms with van der Waals surface area (Å²) in [5.74, 6) is 0.950. The van der Waals surface area contributed by atoms with Crippen LogP contribution in [0.15, 0.2) is 48.5 Å². The van der Waals surface area contributed by atoms with E-state index in [9.17, 15) is 4.79 Å². The molecule has 1 N–H and O–H groups in total. The van der Waals surface area contributed by atoms with Crippen molar-refractivity contribution in [2.24, 2.45) is 0 Å². The van der Waals surface area contributed by atoms with E-state index in [2.05, 4.69) is 53.5 Å². The quantitative estimate of drug-likeness (QED) is 0.795. The van der Waals surface area contributed by atoms with E-state index in [1.807, 2.05) is 19.1 Å². The van der Waals surface area contributed by atoms with E-state index in [0.29, 0.717) is 12.6 Å². The van der Waals surface area contributed by atoms with Crippen LogP contribution in [0.1, 0.15) is 55.5 Å². The van der Waals surface area contributed by atoms with Gasteiger partial charge in [0.25, 0.3) is 0 Å². The van der Waals surface area contributed by atoms with Gasteiger partial charge >= 0.3 is 0 Å². The van der Waals surface area contributed by atoms with Gasteiger partial charge in [0, 0.05) is 6.04 Å². The number of methoxy groups -OCH3 is 1. The fourth-order valence-electron chi connectivity index (χ4n) is 3.82. The Bertz CT molecular complexity index is 740. The summed E-state index contributed by atoms with van der Waals surface area (Å²) in [6.07, 6.45) is 3.24. The minimum Gasteiger partial charge on any atom is -0.497 e. The van der Waals surface area contributed by atoms with Crippen molar-refractivity contribution in [3.63, 3.8) is 0 Å². The third kappa shape index (κ3) is 4.89. The molecular weight excluding hydrogens is 336 g/mol. The van der Waals surface area contributed by atoms with Crippen LogP contribution in [-0.2, 0) is 11.2 Å². The zero-order chi connectivity index (χ0) is 19.2. The topological polar surface area (TPSA) is 41.6 Å². The number of rotatable bonds is 7. The zero-order valence-corrected chi connectivity index (χ0v) is 16.6. The molecule has 1 fully saturated rings. The number of nitrogens with one attached hydrogen (secondary N) is 1. The maximum absolute atomic E-state index is 12.6. The third-order valence-electron chi connectivity index (χ3n) is 5.48. The van der Waals surface area contributed by atoms with E-state index in [-0.39, 0.29) is 11.9 Å². The molecule has 1 aliphatic heterocycles. The Balaban J connectivity index is 1.58. The average Bonchev–Trinajstić information content (AvgIpc) is 3.16. The molecule has 2 aromatic rings. The number of ether oxygens (including phenoxy) is 1. The second kappa shape index (κ2) is 9.05. The van der Waals surface area contributed by atoms with Gasteiger partial charge in [-0.1, -0.05) is 43.3 Å². The van der Waals surface area contributed by atoms with Gasteiger partial charge in [-0.15, -0.1) is 0 Å². The van der Waals surface area contributed by atoms with E-state index in [1.54, 1.807) is 7.11 Å². The second-order valence-electron chi connectivity index (χ2n) is 7.29. The van der Waals surface area contributed by atoms with Crippen molar-refractivity contribution in [2.45, 2.75) is 45.2 Å². The molecule has 2 atom stereocenters. The molecule has 4 nitrogen and oxygen atoms in total. The number of aryl methyl sites for hydroxylation is 1. The summed E-state index contributed by atoms with van der Waals surface area (Å²) >= 11 is 0. The molecule has 3 rings (SSSR count). The minimum atomic E-state index is 0.0189. The van der Waals surface area contributed by atoms with Crippen LogP contribution in [0.5, 0.6) is 5.75 Å². The summed E-state index contributed by atoms with van der Waals surface area (Å²) in [4.78, 5) is 14.9. The minimum absolute atomic E-state index is 0.0189. The van der Waals surface area contributed by atoms with Crippen molar-refractivity contribution in [2.75, 3.05) is 20.2 Å². The molecular formula is C23H30N2O2. The van der Waals surface area contributed by atoms with Gasteiger partial charge < -0.3 is 10.1 Å². The lowest BCUT2D eigenvalue weighted by atomic mass is 10.0. The van der Waals surface area contributed by atoms with Gasteiger partial charge in [-0.2, -0.15) is 0 Å². The number of carbonyl (C=O) groups excluding carboxylic acids is 1. The number of carbonyl (C=O) groups is 1. The van der Waals surface area contributed by atoms with Gasteiger partial charge in [0.2, 0.25) is 5.91 Å². The van der Waals surface area contributed by atoms with Crippen molar-refractivity contribution in [1.82, 2.24) is 10.2 Å². The summed E-state index contributed by atoms with van der Waals surface area (Å²) < 4.78 is 5.25. The Labute approximate surface area is 162 Å². The Kier molecular flexibility index (Phi) is 6.51. The van der Waals surface area contributed by atoms with Crippen LogP contribution in [0, 0.1) is 0 Å². The van der Waals surface area contributed by atoms with Crippen LogP contribution in [0.4, 0.5) is 0 Å². The molecule has 27 heavy (non-hydrogen) atoms. The molecule has 0 saturated carbocycles. The first-order valence-electron chi connectivity index (χ1n) is 9.87. The van der Waals surface area contributed by atoms with Gasteiger partial charge in [-0.3, -0.25) is 9.69 Å². The van der Waals surface area contributed by atoms with Crippen LogP contribution < -0.4 is 10.1 Å². The fourth-order valence-corrected chi connectivity index (χ4v) is 3.82. The van der Waals surface area contributed by atoms with Crippen molar-refractivity contribution in [3.05, 3.63) is 65.2 Å². The molecule has 0 radical (unpaired) electrons. The molecule has 1 heterocycles. The van der Waals surface area contributed by atoms with Gasteiger partial charge in [-0.05, 0) is 61.6 Å². The maximum atomic E-state index is 12.6. The van der Waals surface area contributed by atoms with E-state index in [0.717, 1.165) is 37.1 Å². The SMILES string of the molecule is CCc1ccc(C(C)NC(=O)CN2CCCC2c2ccc(OC)cc2)cc1. The van der Waals surface area contributed by atoms with Crippen LogP contribution in [0.2, 0.25) is 0 Å². The highest BCUT2D eigenvalue weighted by atomic mass is 16.5. The lowest BCUT2D eigenvalue weighted by Gasteiger charge is -2.25. The van der Waals surface area contributed by atoms with E-state index >= 15 is 0 Å². The molecule has 144 valence electrons. The van der Waals surface area contributed by atoms with Crippen molar-refractivity contribution in [1.29, 1.82) is 0 Å². The maximum Gasteiger partial charge on any atom is 0.234 e. The average molecular weight is 367 g/mol. The summed E-state index contributed by atoms with van der Waals surface area (Å²) in [5, 5.41) is 3.15.